The second-order valence-corrected chi connectivity index (χ2v) is 5.02. The molecule has 2 heterocycles. The minimum Gasteiger partial charge on any atom is -0.392 e. The number of para-hydroxylation sites is 1. The molecule has 0 spiro atoms. The van der Waals surface area contributed by atoms with Gasteiger partial charge in [-0.25, -0.2) is 4.98 Å². The van der Waals surface area contributed by atoms with Crippen LogP contribution in [0.25, 0.3) is 33.1 Å². The summed E-state index contributed by atoms with van der Waals surface area (Å²) in [7, 11) is 0. The molecule has 0 aliphatic carbocycles. The summed E-state index contributed by atoms with van der Waals surface area (Å²) in [6.07, 6.45) is 0. The number of nitrogens with one attached hydrogen (secondary N) is 1. The van der Waals surface area contributed by atoms with E-state index < -0.39 is 0 Å². The number of H-pyrrole nitrogens is 1. The van der Waals surface area contributed by atoms with Gasteiger partial charge in [0.1, 0.15) is 0 Å². The number of rotatable bonds is 1. The van der Waals surface area contributed by atoms with E-state index in [0.717, 1.165) is 33.1 Å². The largest absolute Gasteiger partial charge is 0.392 e. The number of benzene rings is 2. The van der Waals surface area contributed by atoms with Gasteiger partial charge in [-0.2, -0.15) is 0 Å². The summed E-state index contributed by atoms with van der Waals surface area (Å²) in [5.74, 6) is 0. The maximum atomic E-state index is 12.1. The predicted molar refractivity (Wildman–Crippen MR) is 82.4 cm³/mol. The van der Waals surface area contributed by atoms with Crippen LogP contribution in [0.4, 0.5) is 0 Å². The molecule has 0 fully saturated rings. The van der Waals surface area contributed by atoms with Crippen molar-refractivity contribution in [2.75, 3.05) is 0 Å². The molecule has 4 rings (SSSR count). The minimum absolute atomic E-state index is 0.0955. The Kier molecular flexibility index (Phi) is 2.52. The van der Waals surface area contributed by atoms with Crippen molar-refractivity contribution >= 4 is 21.8 Å². The maximum Gasteiger partial charge on any atom is 0.249 e. The Morgan fingerprint density at radius 3 is 2.81 bits per heavy atom. The summed E-state index contributed by atoms with van der Waals surface area (Å²) in [6, 6.07) is 14.8. The normalized spacial score (nSPS) is 11.5. The molecule has 2 aromatic rings. The monoisotopic (exact) mass is 276 g/mol. The summed E-state index contributed by atoms with van der Waals surface area (Å²) in [5.41, 5.74) is 3.67. The summed E-state index contributed by atoms with van der Waals surface area (Å²) in [4.78, 5) is 19.6. The van der Waals surface area contributed by atoms with E-state index in [1.807, 2.05) is 42.5 Å². The number of aromatic amines is 1. The van der Waals surface area contributed by atoms with E-state index in [-0.39, 0.29) is 12.2 Å². The van der Waals surface area contributed by atoms with Crippen molar-refractivity contribution in [3.8, 4) is 11.3 Å². The zero-order valence-corrected chi connectivity index (χ0v) is 11.1. The van der Waals surface area contributed by atoms with Gasteiger partial charge >= 0.3 is 0 Å². The van der Waals surface area contributed by atoms with E-state index in [1.165, 1.54) is 0 Å². The second kappa shape index (κ2) is 4.40. The van der Waals surface area contributed by atoms with Crippen molar-refractivity contribution in [3.63, 3.8) is 0 Å². The van der Waals surface area contributed by atoms with E-state index in [0.29, 0.717) is 5.52 Å². The fourth-order valence-corrected chi connectivity index (χ4v) is 2.86. The first-order chi connectivity index (χ1) is 10.3. The molecule has 2 N–H and O–H groups in total. The molecule has 0 amide bonds. The Labute approximate surface area is 120 Å². The third-order valence-corrected chi connectivity index (χ3v) is 3.77. The van der Waals surface area contributed by atoms with E-state index in [4.69, 9.17) is 0 Å². The SMILES string of the molecule is O=c1cc2c3ccccc3nc-2c2c(CO)cccc2[nH]1. The van der Waals surface area contributed by atoms with Gasteiger partial charge in [0.2, 0.25) is 5.56 Å². The molecule has 4 nitrogen and oxygen atoms in total. The second-order valence-electron chi connectivity index (χ2n) is 5.02. The standard InChI is InChI=1S/C17H12N2O2/c20-9-10-4-3-7-14-16(10)17-12(8-15(21)18-14)11-5-1-2-6-13(11)19-17/h1-8,20H,9H2,(H,18,21). The zero-order valence-electron chi connectivity index (χ0n) is 11.1. The molecule has 2 aliphatic rings. The van der Waals surface area contributed by atoms with Gasteiger partial charge in [-0.15, -0.1) is 0 Å². The number of aliphatic hydroxyl groups is 1. The van der Waals surface area contributed by atoms with Crippen LogP contribution in [0.15, 0.2) is 53.3 Å². The maximum absolute atomic E-state index is 12.1. The fourth-order valence-electron chi connectivity index (χ4n) is 2.86. The molecule has 0 saturated heterocycles. The lowest BCUT2D eigenvalue weighted by atomic mass is 10.0. The van der Waals surface area contributed by atoms with E-state index in [9.17, 15) is 9.90 Å². The molecule has 21 heavy (non-hydrogen) atoms. The molecule has 4 heteroatoms. The van der Waals surface area contributed by atoms with Crippen LogP contribution >= 0.6 is 0 Å². The van der Waals surface area contributed by atoms with Gasteiger partial charge in [0.15, 0.2) is 0 Å². The number of fused-ring (bicyclic) bond motifs is 5. The lowest BCUT2D eigenvalue weighted by molar-refractivity contribution is 0.283. The highest BCUT2D eigenvalue weighted by Crippen LogP contribution is 2.35. The fraction of sp³-hybridized carbons (Fsp3) is 0.0588. The van der Waals surface area contributed by atoms with E-state index in [1.54, 1.807) is 6.07 Å². The van der Waals surface area contributed by atoms with Crippen molar-refractivity contribution in [3.05, 3.63) is 64.4 Å². The molecule has 0 saturated carbocycles. The Bertz CT molecular complexity index is 1000. The smallest absolute Gasteiger partial charge is 0.249 e. The van der Waals surface area contributed by atoms with Gasteiger partial charge in [-0.05, 0) is 17.7 Å². The van der Waals surface area contributed by atoms with Gasteiger partial charge < -0.3 is 10.1 Å². The number of hydrogen-bond acceptors (Lipinski definition) is 3. The first kappa shape index (κ1) is 12.1. The molecule has 0 atom stereocenters. The topological polar surface area (TPSA) is 66.0 Å². The molecule has 102 valence electrons. The minimum atomic E-state index is -0.178. The Hall–Kier alpha value is -2.72. The van der Waals surface area contributed by atoms with Crippen LogP contribution < -0.4 is 5.56 Å². The molecular formula is C17H12N2O2. The van der Waals surface area contributed by atoms with Crippen molar-refractivity contribution in [1.29, 1.82) is 0 Å². The Morgan fingerprint density at radius 1 is 1.10 bits per heavy atom. The predicted octanol–water partition coefficient (Wildman–Crippen LogP) is 2.67. The van der Waals surface area contributed by atoms with Gasteiger partial charge in [0.05, 0.1) is 23.3 Å². The summed E-state index contributed by atoms with van der Waals surface area (Å²) in [5, 5.41) is 11.3. The molecular weight excluding hydrogens is 264 g/mol. The molecule has 2 aliphatic heterocycles. The number of aliphatic hydroxyl groups excluding tert-OH is 1. The van der Waals surface area contributed by atoms with Crippen molar-refractivity contribution < 1.29 is 5.11 Å². The molecule has 0 bridgehead atoms. The zero-order chi connectivity index (χ0) is 14.4. The summed E-state index contributed by atoms with van der Waals surface area (Å²) >= 11 is 0. The van der Waals surface area contributed by atoms with Crippen LogP contribution in [-0.4, -0.2) is 15.1 Å². The molecule has 0 unspecified atom stereocenters. The van der Waals surface area contributed by atoms with Crippen LogP contribution in [-0.2, 0) is 6.61 Å². The average molecular weight is 276 g/mol. The first-order valence-corrected chi connectivity index (χ1v) is 6.72. The van der Waals surface area contributed by atoms with Crippen LogP contribution in [0.2, 0.25) is 0 Å². The van der Waals surface area contributed by atoms with E-state index in [2.05, 4.69) is 9.97 Å². The van der Waals surface area contributed by atoms with Crippen molar-refractivity contribution in [1.82, 2.24) is 9.97 Å². The molecule has 2 aromatic carbocycles. The lowest BCUT2D eigenvalue weighted by Gasteiger charge is -2.03. The quantitative estimate of drug-likeness (QED) is 0.561. The summed E-state index contributed by atoms with van der Waals surface area (Å²) in [6.45, 7) is -0.0955. The highest BCUT2D eigenvalue weighted by molar-refractivity contribution is 6.06. The van der Waals surface area contributed by atoms with Crippen molar-refractivity contribution in [2.24, 2.45) is 0 Å². The van der Waals surface area contributed by atoms with E-state index >= 15 is 0 Å². The van der Waals surface area contributed by atoms with Crippen LogP contribution in [0, 0.1) is 0 Å². The van der Waals surface area contributed by atoms with Gasteiger partial charge in [-0.1, -0.05) is 30.3 Å². The molecule has 0 radical (unpaired) electrons. The summed E-state index contributed by atoms with van der Waals surface area (Å²) < 4.78 is 0. The average Bonchev–Trinajstić information content (AvgIpc) is 2.78. The van der Waals surface area contributed by atoms with Crippen LogP contribution in [0.1, 0.15) is 5.56 Å². The number of hydrogen-bond donors (Lipinski definition) is 2. The Morgan fingerprint density at radius 2 is 1.95 bits per heavy atom. The number of aromatic nitrogens is 2. The third kappa shape index (κ3) is 1.73. The Balaban J connectivity index is 2.32. The number of nitrogens with zero attached hydrogens (tertiary/aromatic N) is 1. The highest BCUT2D eigenvalue weighted by Gasteiger charge is 2.16. The van der Waals surface area contributed by atoms with Crippen LogP contribution in [0.5, 0.6) is 0 Å². The first-order valence-electron chi connectivity index (χ1n) is 6.72. The lowest BCUT2D eigenvalue weighted by Crippen LogP contribution is -1.98. The van der Waals surface area contributed by atoms with Gasteiger partial charge in [0.25, 0.3) is 0 Å². The van der Waals surface area contributed by atoms with Crippen molar-refractivity contribution in [2.45, 2.75) is 6.61 Å². The van der Waals surface area contributed by atoms with Gasteiger partial charge in [-0.3, -0.25) is 4.79 Å². The highest BCUT2D eigenvalue weighted by atomic mass is 16.3. The van der Waals surface area contributed by atoms with Crippen LogP contribution in [0.3, 0.4) is 0 Å². The van der Waals surface area contributed by atoms with Gasteiger partial charge in [0, 0.05) is 22.4 Å². The third-order valence-electron chi connectivity index (χ3n) is 3.77. The molecule has 0 aromatic heterocycles.